The molecule has 1 saturated carbocycles. The Hall–Kier alpha value is -4.14. The largest absolute Gasteiger partial charge is 0.338 e. The quantitative estimate of drug-likeness (QED) is 0.355. The first-order chi connectivity index (χ1) is 18.7. The van der Waals surface area contributed by atoms with Crippen molar-refractivity contribution in [3.8, 4) is 0 Å². The Bertz CT molecular complexity index is 1660. The maximum Gasteiger partial charge on any atom is 0.274 e. The number of fused-ring (bicyclic) bond motifs is 4. The molecule has 2 fully saturated rings. The van der Waals surface area contributed by atoms with Crippen molar-refractivity contribution in [2.75, 3.05) is 31.1 Å². The van der Waals surface area contributed by atoms with E-state index in [0.717, 1.165) is 52.2 Å². The number of carbonyl (C=O) groups is 1. The Balaban J connectivity index is 1.21. The van der Waals surface area contributed by atoms with Crippen LogP contribution in [0.4, 0.5) is 5.95 Å². The van der Waals surface area contributed by atoms with Crippen molar-refractivity contribution in [3.05, 3.63) is 65.7 Å². The molecule has 2 aliphatic rings. The van der Waals surface area contributed by atoms with Crippen molar-refractivity contribution < 1.29 is 4.79 Å². The SMILES string of the molecule is Cc1ccc2nc(N3CCN(C(=O)c4cnc5ccccc5n4)CC3)n3c(C4CCCCC4)nnc3c2c1. The van der Waals surface area contributed by atoms with E-state index < -0.39 is 0 Å². The fraction of sp³-hybridized carbons (Fsp3) is 0.379. The van der Waals surface area contributed by atoms with Gasteiger partial charge in [0.2, 0.25) is 5.95 Å². The summed E-state index contributed by atoms with van der Waals surface area (Å²) in [5.41, 5.74) is 4.89. The number of benzene rings is 2. The lowest BCUT2D eigenvalue weighted by atomic mass is 9.89. The summed E-state index contributed by atoms with van der Waals surface area (Å²) < 4.78 is 2.20. The molecule has 7 rings (SSSR count). The highest BCUT2D eigenvalue weighted by molar-refractivity contribution is 5.94. The Morgan fingerprint density at radius 1 is 0.868 bits per heavy atom. The first-order valence-corrected chi connectivity index (χ1v) is 13.6. The molecule has 0 N–H and O–H groups in total. The third kappa shape index (κ3) is 3.93. The standard InChI is InChI=1S/C29H30N8O/c1-19-11-12-22-21(17-19)27-34-33-26(20-7-3-2-4-8-20)37(27)29(32-22)36-15-13-35(14-16-36)28(38)25-18-30-23-9-5-6-10-24(23)31-25/h5-6,9-12,17-18,20H,2-4,7-8,13-16H2,1H3. The van der Waals surface area contributed by atoms with Crippen LogP contribution in [-0.2, 0) is 0 Å². The zero-order chi connectivity index (χ0) is 25.6. The lowest BCUT2D eigenvalue weighted by Gasteiger charge is -2.35. The van der Waals surface area contributed by atoms with Crippen LogP contribution < -0.4 is 4.90 Å². The summed E-state index contributed by atoms with van der Waals surface area (Å²) in [7, 11) is 0. The van der Waals surface area contributed by atoms with Gasteiger partial charge in [0.25, 0.3) is 5.91 Å². The molecule has 1 aliphatic heterocycles. The van der Waals surface area contributed by atoms with Gasteiger partial charge in [-0.05, 0) is 44.0 Å². The molecule has 0 unspecified atom stereocenters. The van der Waals surface area contributed by atoms with Crippen molar-refractivity contribution in [1.29, 1.82) is 0 Å². The number of hydrogen-bond donors (Lipinski definition) is 0. The second kappa shape index (κ2) is 9.31. The highest BCUT2D eigenvalue weighted by Gasteiger charge is 2.29. The van der Waals surface area contributed by atoms with Crippen LogP contribution in [0.5, 0.6) is 0 Å². The first kappa shape index (κ1) is 23.0. The normalized spacial score (nSPS) is 17.1. The third-order valence-corrected chi connectivity index (χ3v) is 7.99. The Kier molecular flexibility index (Phi) is 5.64. The molecule has 4 heterocycles. The Morgan fingerprint density at radius 2 is 1.66 bits per heavy atom. The van der Waals surface area contributed by atoms with Gasteiger partial charge in [-0.1, -0.05) is 43.0 Å². The summed E-state index contributed by atoms with van der Waals surface area (Å²) in [6, 6.07) is 13.9. The van der Waals surface area contributed by atoms with Crippen LogP contribution in [0.2, 0.25) is 0 Å². The van der Waals surface area contributed by atoms with Crippen LogP contribution in [0, 0.1) is 6.92 Å². The summed E-state index contributed by atoms with van der Waals surface area (Å²) in [4.78, 5) is 31.6. The molecule has 2 aromatic carbocycles. The van der Waals surface area contributed by atoms with Crippen molar-refractivity contribution in [3.63, 3.8) is 0 Å². The van der Waals surface area contributed by atoms with E-state index in [2.05, 4.69) is 44.4 Å². The molecular weight excluding hydrogens is 476 g/mol. The number of amides is 1. The molecule has 1 saturated heterocycles. The van der Waals surface area contributed by atoms with Gasteiger partial charge in [0.15, 0.2) is 5.65 Å². The molecule has 0 bridgehead atoms. The van der Waals surface area contributed by atoms with E-state index in [1.807, 2.05) is 29.2 Å². The van der Waals surface area contributed by atoms with Gasteiger partial charge >= 0.3 is 0 Å². The highest BCUT2D eigenvalue weighted by Crippen LogP contribution is 2.35. The molecule has 0 atom stereocenters. The van der Waals surface area contributed by atoms with Gasteiger partial charge in [-0.3, -0.25) is 9.78 Å². The van der Waals surface area contributed by atoms with E-state index in [9.17, 15) is 4.79 Å². The molecule has 3 aromatic heterocycles. The minimum absolute atomic E-state index is 0.0813. The monoisotopic (exact) mass is 506 g/mol. The molecule has 0 spiro atoms. The number of anilines is 1. The number of piperazine rings is 1. The maximum atomic E-state index is 13.3. The van der Waals surface area contributed by atoms with Gasteiger partial charge in [-0.25, -0.2) is 14.4 Å². The number of para-hydroxylation sites is 2. The minimum atomic E-state index is -0.0813. The van der Waals surface area contributed by atoms with Crippen LogP contribution >= 0.6 is 0 Å². The van der Waals surface area contributed by atoms with Crippen LogP contribution in [0.25, 0.3) is 27.6 Å². The number of rotatable bonds is 3. The van der Waals surface area contributed by atoms with Crippen molar-refractivity contribution >= 4 is 39.4 Å². The predicted octanol–water partition coefficient (Wildman–Crippen LogP) is 4.54. The second-order valence-electron chi connectivity index (χ2n) is 10.5. The first-order valence-electron chi connectivity index (χ1n) is 13.6. The van der Waals surface area contributed by atoms with E-state index in [-0.39, 0.29) is 5.91 Å². The van der Waals surface area contributed by atoms with E-state index in [1.54, 1.807) is 6.20 Å². The highest BCUT2D eigenvalue weighted by atomic mass is 16.2. The van der Waals surface area contributed by atoms with Crippen LogP contribution in [0.1, 0.15) is 59.9 Å². The van der Waals surface area contributed by atoms with E-state index in [0.29, 0.717) is 37.8 Å². The molecular formula is C29H30N8O. The fourth-order valence-corrected chi connectivity index (χ4v) is 5.92. The van der Waals surface area contributed by atoms with Crippen LogP contribution in [-0.4, -0.2) is 66.5 Å². The van der Waals surface area contributed by atoms with E-state index >= 15 is 0 Å². The number of aryl methyl sites for hydroxylation is 1. The number of aromatic nitrogens is 6. The zero-order valence-electron chi connectivity index (χ0n) is 21.5. The summed E-state index contributed by atoms with van der Waals surface area (Å²) in [6.45, 7) is 4.62. The minimum Gasteiger partial charge on any atom is -0.338 e. The molecule has 192 valence electrons. The van der Waals surface area contributed by atoms with Gasteiger partial charge in [0, 0.05) is 37.5 Å². The average Bonchev–Trinajstić information content (AvgIpc) is 3.42. The topological polar surface area (TPSA) is 92.4 Å². The van der Waals surface area contributed by atoms with Crippen molar-refractivity contribution in [2.24, 2.45) is 0 Å². The zero-order valence-corrected chi connectivity index (χ0v) is 21.5. The molecule has 5 aromatic rings. The lowest BCUT2D eigenvalue weighted by Crippen LogP contribution is -2.49. The summed E-state index contributed by atoms with van der Waals surface area (Å²) in [5, 5.41) is 10.5. The van der Waals surface area contributed by atoms with Crippen LogP contribution in [0.3, 0.4) is 0 Å². The third-order valence-electron chi connectivity index (χ3n) is 7.99. The second-order valence-corrected chi connectivity index (χ2v) is 10.5. The number of carbonyl (C=O) groups excluding carboxylic acids is 1. The van der Waals surface area contributed by atoms with Gasteiger partial charge < -0.3 is 9.80 Å². The molecule has 9 heteroatoms. The lowest BCUT2D eigenvalue weighted by molar-refractivity contribution is 0.0740. The summed E-state index contributed by atoms with van der Waals surface area (Å²) in [5.74, 6) is 2.22. The van der Waals surface area contributed by atoms with E-state index in [4.69, 9.17) is 15.2 Å². The predicted molar refractivity (Wildman–Crippen MR) is 147 cm³/mol. The molecule has 1 aliphatic carbocycles. The molecule has 1 amide bonds. The molecule has 38 heavy (non-hydrogen) atoms. The van der Waals surface area contributed by atoms with E-state index in [1.165, 1.54) is 24.8 Å². The number of nitrogens with zero attached hydrogens (tertiary/aromatic N) is 8. The van der Waals surface area contributed by atoms with Gasteiger partial charge in [-0.15, -0.1) is 10.2 Å². The fourth-order valence-electron chi connectivity index (χ4n) is 5.92. The summed E-state index contributed by atoms with van der Waals surface area (Å²) in [6.07, 6.45) is 7.61. The molecule has 0 radical (unpaired) electrons. The van der Waals surface area contributed by atoms with Gasteiger partial charge in [0.1, 0.15) is 11.5 Å². The molecule has 9 nitrogen and oxygen atoms in total. The van der Waals surface area contributed by atoms with Gasteiger partial charge in [-0.2, -0.15) is 0 Å². The Labute approximate surface area is 220 Å². The van der Waals surface area contributed by atoms with Crippen LogP contribution in [0.15, 0.2) is 48.7 Å². The van der Waals surface area contributed by atoms with Crippen molar-refractivity contribution in [2.45, 2.75) is 44.9 Å². The van der Waals surface area contributed by atoms with Gasteiger partial charge in [0.05, 0.1) is 22.7 Å². The smallest absolute Gasteiger partial charge is 0.274 e. The van der Waals surface area contributed by atoms with Crippen molar-refractivity contribution in [1.82, 2.24) is 34.4 Å². The maximum absolute atomic E-state index is 13.3. The number of hydrogen-bond acceptors (Lipinski definition) is 7. The average molecular weight is 507 g/mol. The Morgan fingerprint density at radius 3 is 2.47 bits per heavy atom. The summed E-state index contributed by atoms with van der Waals surface area (Å²) >= 11 is 0.